The zero-order valence-electron chi connectivity index (χ0n) is 10.3. The summed E-state index contributed by atoms with van der Waals surface area (Å²) in [5.74, 6) is -0.525. The van der Waals surface area contributed by atoms with Crippen LogP contribution in [0.3, 0.4) is 0 Å². The predicted octanol–water partition coefficient (Wildman–Crippen LogP) is 2.04. The van der Waals surface area contributed by atoms with Gasteiger partial charge < -0.3 is 15.1 Å². The second-order valence-electron chi connectivity index (χ2n) is 3.84. The maximum Gasteiger partial charge on any atom is 0.338 e. The lowest BCUT2D eigenvalue weighted by Crippen LogP contribution is -2.19. The van der Waals surface area contributed by atoms with Crippen molar-refractivity contribution in [2.24, 2.45) is 0 Å². The molecule has 1 heterocycles. The molecule has 0 radical (unpaired) electrons. The van der Waals surface area contributed by atoms with Gasteiger partial charge >= 0.3 is 5.97 Å². The number of anilines is 2. The largest absolute Gasteiger partial charge is 0.508 e. The van der Waals surface area contributed by atoms with Gasteiger partial charge in [0.25, 0.3) is 0 Å². The molecule has 0 aliphatic rings. The van der Waals surface area contributed by atoms with Crippen LogP contribution in [0.1, 0.15) is 17.3 Å². The molecule has 98 valence electrons. The van der Waals surface area contributed by atoms with E-state index in [1.54, 1.807) is 23.1 Å². The first-order valence-corrected chi connectivity index (χ1v) is 5.73. The lowest BCUT2D eigenvalue weighted by Gasteiger charge is -2.20. The number of aromatic hydroxyl groups is 1. The van der Waals surface area contributed by atoms with Gasteiger partial charge in [-0.05, 0) is 19.1 Å². The first-order valence-electron chi connectivity index (χ1n) is 5.73. The van der Waals surface area contributed by atoms with Gasteiger partial charge in [0, 0.05) is 30.7 Å². The SMILES string of the molecule is CCN(c1cccc(O)c1)c1ncc(C(=O)O)cn1. The fraction of sp³-hybridized carbons (Fsp3) is 0.154. The molecule has 1 aromatic heterocycles. The number of rotatable bonds is 4. The monoisotopic (exact) mass is 259 g/mol. The van der Waals surface area contributed by atoms with Gasteiger partial charge in [-0.25, -0.2) is 14.8 Å². The number of aromatic carboxylic acids is 1. The predicted molar refractivity (Wildman–Crippen MR) is 69.8 cm³/mol. The summed E-state index contributed by atoms with van der Waals surface area (Å²) in [5, 5.41) is 18.3. The van der Waals surface area contributed by atoms with Crippen LogP contribution in [-0.4, -0.2) is 32.7 Å². The Labute approximate surface area is 110 Å². The lowest BCUT2D eigenvalue weighted by molar-refractivity contribution is 0.0696. The molecule has 0 spiro atoms. The van der Waals surface area contributed by atoms with Gasteiger partial charge in [0.2, 0.25) is 5.95 Å². The smallest absolute Gasteiger partial charge is 0.338 e. The Hall–Kier alpha value is -2.63. The van der Waals surface area contributed by atoms with E-state index in [4.69, 9.17) is 5.11 Å². The standard InChI is InChI=1S/C13H13N3O3/c1-2-16(10-4-3-5-11(17)6-10)13-14-7-9(8-15-13)12(18)19/h3-8,17H,2H2,1H3,(H,18,19). The average molecular weight is 259 g/mol. The molecular weight excluding hydrogens is 246 g/mol. The fourth-order valence-corrected chi connectivity index (χ4v) is 1.67. The molecule has 0 bridgehead atoms. The molecule has 0 aliphatic carbocycles. The van der Waals surface area contributed by atoms with E-state index < -0.39 is 5.97 Å². The first-order chi connectivity index (χ1) is 9.11. The van der Waals surface area contributed by atoms with Gasteiger partial charge in [-0.3, -0.25) is 0 Å². The van der Waals surface area contributed by atoms with Crippen molar-refractivity contribution in [2.45, 2.75) is 6.92 Å². The molecular formula is C13H13N3O3. The number of hydrogen-bond donors (Lipinski definition) is 2. The van der Waals surface area contributed by atoms with E-state index in [2.05, 4.69) is 9.97 Å². The van der Waals surface area contributed by atoms with E-state index in [1.807, 2.05) is 13.0 Å². The molecule has 0 saturated heterocycles. The van der Waals surface area contributed by atoms with Crippen molar-refractivity contribution in [1.82, 2.24) is 9.97 Å². The van der Waals surface area contributed by atoms with Crippen molar-refractivity contribution < 1.29 is 15.0 Å². The van der Waals surface area contributed by atoms with Crippen LogP contribution in [0.15, 0.2) is 36.7 Å². The molecule has 6 heteroatoms. The summed E-state index contributed by atoms with van der Waals surface area (Å²) in [4.78, 5) is 20.6. The molecule has 2 rings (SSSR count). The summed E-state index contributed by atoms with van der Waals surface area (Å²) in [7, 11) is 0. The highest BCUT2D eigenvalue weighted by Gasteiger charge is 2.12. The summed E-state index contributed by atoms with van der Waals surface area (Å²) in [6, 6.07) is 6.71. The molecule has 0 fully saturated rings. The van der Waals surface area contributed by atoms with Gasteiger partial charge in [-0.15, -0.1) is 0 Å². The third-order valence-electron chi connectivity index (χ3n) is 2.58. The Bertz CT molecular complexity index is 584. The second kappa shape index (κ2) is 5.34. The van der Waals surface area contributed by atoms with Gasteiger partial charge in [-0.1, -0.05) is 6.07 Å². The molecule has 19 heavy (non-hydrogen) atoms. The second-order valence-corrected chi connectivity index (χ2v) is 3.84. The highest BCUT2D eigenvalue weighted by Crippen LogP contribution is 2.24. The Balaban J connectivity index is 2.34. The number of hydrogen-bond acceptors (Lipinski definition) is 5. The summed E-state index contributed by atoms with van der Waals surface area (Å²) in [6.07, 6.45) is 2.52. The Morgan fingerprint density at radius 3 is 2.53 bits per heavy atom. The molecule has 1 aromatic carbocycles. The van der Waals surface area contributed by atoms with Crippen LogP contribution >= 0.6 is 0 Å². The third kappa shape index (κ3) is 2.79. The zero-order chi connectivity index (χ0) is 13.8. The van der Waals surface area contributed by atoms with Crippen LogP contribution < -0.4 is 4.90 Å². The van der Waals surface area contributed by atoms with Crippen molar-refractivity contribution in [3.8, 4) is 5.75 Å². The highest BCUT2D eigenvalue weighted by molar-refractivity contribution is 5.86. The van der Waals surface area contributed by atoms with Crippen LogP contribution in [0.4, 0.5) is 11.6 Å². The number of nitrogens with zero attached hydrogens (tertiary/aromatic N) is 3. The maximum atomic E-state index is 10.7. The molecule has 0 aliphatic heterocycles. The van der Waals surface area contributed by atoms with Gasteiger partial charge in [-0.2, -0.15) is 0 Å². The van der Waals surface area contributed by atoms with Crippen LogP contribution in [0.5, 0.6) is 5.75 Å². The third-order valence-corrected chi connectivity index (χ3v) is 2.58. The maximum absolute atomic E-state index is 10.7. The van der Waals surface area contributed by atoms with Crippen LogP contribution in [0.2, 0.25) is 0 Å². The van der Waals surface area contributed by atoms with Crippen LogP contribution in [-0.2, 0) is 0 Å². The number of carbonyl (C=O) groups is 1. The molecule has 0 atom stereocenters. The van der Waals surface area contributed by atoms with E-state index in [-0.39, 0.29) is 11.3 Å². The fourth-order valence-electron chi connectivity index (χ4n) is 1.67. The van der Waals surface area contributed by atoms with Crippen molar-refractivity contribution in [1.29, 1.82) is 0 Å². The summed E-state index contributed by atoms with van der Waals surface area (Å²) in [6.45, 7) is 2.51. The van der Waals surface area contributed by atoms with E-state index in [0.717, 1.165) is 5.69 Å². The summed E-state index contributed by atoms with van der Waals surface area (Å²) < 4.78 is 0. The average Bonchev–Trinajstić information content (AvgIpc) is 2.40. The highest BCUT2D eigenvalue weighted by atomic mass is 16.4. The van der Waals surface area contributed by atoms with Crippen molar-refractivity contribution in [2.75, 3.05) is 11.4 Å². The van der Waals surface area contributed by atoms with Crippen molar-refractivity contribution in [3.05, 3.63) is 42.2 Å². The van der Waals surface area contributed by atoms with E-state index in [0.29, 0.717) is 12.5 Å². The van der Waals surface area contributed by atoms with Crippen molar-refractivity contribution >= 4 is 17.6 Å². The molecule has 2 aromatic rings. The number of phenolic OH excluding ortho intramolecular Hbond substituents is 1. The molecule has 2 N–H and O–H groups in total. The minimum atomic E-state index is -1.06. The molecule has 0 saturated carbocycles. The van der Waals surface area contributed by atoms with E-state index in [1.165, 1.54) is 12.4 Å². The van der Waals surface area contributed by atoms with Crippen LogP contribution in [0.25, 0.3) is 0 Å². The van der Waals surface area contributed by atoms with Gasteiger partial charge in [0.05, 0.1) is 5.56 Å². The number of phenols is 1. The van der Waals surface area contributed by atoms with Crippen LogP contribution in [0, 0.1) is 0 Å². The molecule has 0 amide bonds. The number of aromatic nitrogens is 2. The topological polar surface area (TPSA) is 86.5 Å². The van der Waals surface area contributed by atoms with Gasteiger partial charge in [0.15, 0.2) is 0 Å². The summed E-state index contributed by atoms with van der Waals surface area (Å²) >= 11 is 0. The normalized spacial score (nSPS) is 10.2. The van der Waals surface area contributed by atoms with Gasteiger partial charge in [0.1, 0.15) is 5.75 Å². The number of carboxylic acid groups (broad SMARTS) is 1. The zero-order valence-corrected chi connectivity index (χ0v) is 10.3. The Morgan fingerprint density at radius 2 is 2.00 bits per heavy atom. The first kappa shape index (κ1) is 12.8. The molecule has 0 unspecified atom stereocenters. The quantitative estimate of drug-likeness (QED) is 0.873. The Kier molecular flexibility index (Phi) is 3.61. The van der Waals surface area contributed by atoms with E-state index in [9.17, 15) is 9.90 Å². The number of benzene rings is 1. The van der Waals surface area contributed by atoms with E-state index >= 15 is 0 Å². The Morgan fingerprint density at radius 1 is 1.32 bits per heavy atom. The number of carboxylic acids is 1. The lowest BCUT2D eigenvalue weighted by atomic mass is 10.2. The summed E-state index contributed by atoms with van der Waals surface area (Å²) in [5.41, 5.74) is 0.779. The molecule has 6 nitrogen and oxygen atoms in total. The van der Waals surface area contributed by atoms with Crippen molar-refractivity contribution in [3.63, 3.8) is 0 Å². The minimum Gasteiger partial charge on any atom is -0.508 e. The minimum absolute atomic E-state index is 0.0377.